The summed E-state index contributed by atoms with van der Waals surface area (Å²) >= 11 is 0. The predicted molar refractivity (Wildman–Crippen MR) is 75.1 cm³/mol. The van der Waals surface area contributed by atoms with Crippen molar-refractivity contribution in [3.63, 3.8) is 0 Å². The Morgan fingerprint density at radius 2 is 1.68 bits per heavy atom. The number of imide groups is 1. The third-order valence-corrected chi connectivity index (χ3v) is 3.45. The van der Waals surface area contributed by atoms with Gasteiger partial charge in [-0.25, -0.2) is 0 Å². The fourth-order valence-corrected chi connectivity index (χ4v) is 2.26. The summed E-state index contributed by atoms with van der Waals surface area (Å²) in [7, 11) is 0. The summed E-state index contributed by atoms with van der Waals surface area (Å²) < 4.78 is 0. The summed E-state index contributed by atoms with van der Waals surface area (Å²) in [6.07, 6.45) is 3.91. The highest BCUT2D eigenvalue weighted by Gasteiger charge is 2.34. The van der Waals surface area contributed by atoms with Crippen molar-refractivity contribution in [2.45, 2.75) is 32.6 Å². The van der Waals surface area contributed by atoms with Crippen molar-refractivity contribution in [1.82, 2.24) is 4.90 Å². The Morgan fingerprint density at radius 3 is 2.21 bits per heavy atom. The Labute approximate surface area is 113 Å². The van der Waals surface area contributed by atoms with E-state index in [4.69, 9.17) is 0 Å². The lowest BCUT2D eigenvalue weighted by Crippen LogP contribution is -2.30. The zero-order valence-electron chi connectivity index (χ0n) is 11.3. The van der Waals surface area contributed by atoms with Crippen LogP contribution in [0.25, 0.3) is 0 Å². The molecular formula is C16H19NO2. The molecular weight excluding hydrogens is 238 g/mol. The summed E-state index contributed by atoms with van der Waals surface area (Å²) in [5.41, 5.74) is 2.15. The van der Waals surface area contributed by atoms with Crippen LogP contribution < -0.4 is 0 Å². The van der Waals surface area contributed by atoms with Gasteiger partial charge in [-0.15, -0.1) is 0 Å². The van der Waals surface area contributed by atoms with Gasteiger partial charge in [-0.1, -0.05) is 37.6 Å². The highest BCUT2D eigenvalue weighted by atomic mass is 16.2. The van der Waals surface area contributed by atoms with Crippen molar-refractivity contribution in [2.75, 3.05) is 6.54 Å². The second kappa shape index (κ2) is 5.83. The van der Waals surface area contributed by atoms with Crippen molar-refractivity contribution < 1.29 is 9.59 Å². The third-order valence-electron chi connectivity index (χ3n) is 3.45. The van der Waals surface area contributed by atoms with E-state index in [1.54, 1.807) is 24.3 Å². The quantitative estimate of drug-likeness (QED) is 0.578. The second-order valence-corrected chi connectivity index (χ2v) is 4.91. The predicted octanol–water partition coefficient (Wildman–Crippen LogP) is 3.42. The molecule has 2 amide bonds. The molecule has 1 heterocycles. The first-order chi connectivity index (χ1) is 9.15. The maximum atomic E-state index is 12.1. The Bertz CT molecular complexity index is 484. The van der Waals surface area contributed by atoms with Crippen molar-refractivity contribution >= 4 is 11.8 Å². The molecule has 3 nitrogen and oxygen atoms in total. The Hall–Kier alpha value is -1.90. The van der Waals surface area contributed by atoms with Crippen LogP contribution in [0.5, 0.6) is 0 Å². The molecule has 0 saturated carbocycles. The van der Waals surface area contributed by atoms with E-state index in [2.05, 4.69) is 13.5 Å². The summed E-state index contributed by atoms with van der Waals surface area (Å²) in [5, 5.41) is 0. The van der Waals surface area contributed by atoms with Crippen LogP contribution in [0.15, 0.2) is 36.4 Å². The van der Waals surface area contributed by atoms with E-state index in [1.807, 2.05) is 0 Å². The van der Waals surface area contributed by atoms with E-state index in [0.717, 1.165) is 24.8 Å². The Balaban J connectivity index is 1.99. The number of rotatable bonds is 6. The first kappa shape index (κ1) is 13.5. The van der Waals surface area contributed by atoms with E-state index < -0.39 is 0 Å². The highest BCUT2D eigenvalue weighted by molar-refractivity contribution is 6.21. The zero-order chi connectivity index (χ0) is 13.8. The number of fused-ring (bicyclic) bond motifs is 1. The van der Waals surface area contributed by atoms with Crippen molar-refractivity contribution in [1.29, 1.82) is 0 Å². The lowest BCUT2D eigenvalue weighted by atomic mass is 10.1. The van der Waals surface area contributed by atoms with Crippen molar-refractivity contribution in [3.8, 4) is 0 Å². The Morgan fingerprint density at radius 1 is 1.11 bits per heavy atom. The van der Waals surface area contributed by atoms with Crippen molar-refractivity contribution in [2.24, 2.45) is 0 Å². The number of amides is 2. The summed E-state index contributed by atoms with van der Waals surface area (Å²) in [6.45, 7) is 6.58. The average Bonchev–Trinajstić information content (AvgIpc) is 2.67. The molecule has 2 rings (SSSR count). The van der Waals surface area contributed by atoms with Crippen molar-refractivity contribution in [3.05, 3.63) is 47.5 Å². The van der Waals surface area contributed by atoms with E-state index in [-0.39, 0.29) is 11.8 Å². The Kier molecular flexibility index (Phi) is 4.15. The van der Waals surface area contributed by atoms with Gasteiger partial charge >= 0.3 is 0 Å². The van der Waals surface area contributed by atoms with Gasteiger partial charge in [0.25, 0.3) is 11.8 Å². The third kappa shape index (κ3) is 2.75. The van der Waals surface area contributed by atoms with Gasteiger partial charge < -0.3 is 0 Å². The van der Waals surface area contributed by atoms with Crippen LogP contribution in [-0.2, 0) is 0 Å². The first-order valence-electron chi connectivity index (χ1n) is 6.77. The van der Waals surface area contributed by atoms with E-state index in [9.17, 15) is 9.59 Å². The lowest BCUT2D eigenvalue weighted by molar-refractivity contribution is 0.0656. The molecule has 0 unspecified atom stereocenters. The first-order valence-corrected chi connectivity index (χ1v) is 6.77. The van der Waals surface area contributed by atoms with Crippen LogP contribution in [-0.4, -0.2) is 23.3 Å². The standard InChI is InChI=1S/C16H19NO2/c1-3-4-7-12(2)10-11-17-15(18)13-8-5-6-9-14(13)16(17)19/h5-6,8-9H,2-4,7,10-11H2,1H3. The summed E-state index contributed by atoms with van der Waals surface area (Å²) in [5.74, 6) is -0.354. The SMILES string of the molecule is C=C(CCCC)CCN1C(=O)c2ccccc2C1=O. The molecule has 1 aromatic rings. The molecule has 0 spiro atoms. The maximum absolute atomic E-state index is 12.1. The fraction of sp³-hybridized carbons (Fsp3) is 0.375. The molecule has 19 heavy (non-hydrogen) atoms. The number of unbranched alkanes of at least 4 members (excludes halogenated alkanes) is 1. The number of benzene rings is 1. The van der Waals surface area contributed by atoms with Gasteiger partial charge in [0.1, 0.15) is 0 Å². The molecule has 0 atom stereocenters. The molecule has 3 heteroatoms. The molecule has 0 fully saturated rings. The van der Waals surface area contributed by atoms with Gasteiger partial charge in [-0.2, -0.15) is 0 Å². The molecule has 0 aliphatic carbocycles. The van der Waals surface area contributed by atoms with Gasteiger partial charge in [0.05, 0.1) is 11.1 Å². The van der Waals surface area contributed by atoms with Crippen LogP contribution in [0.2, 0.25) is 0 Å². The lowest BCUT2D eigenvalue weighted by Gasteiger charge is -2.14. The molecule has 1 aliphatic heterocycles. The van der Waals surface area contributed by atoms with E-state index >= 15 is 0 Å². The monoisotopic (exact) mass is 257 g/mol. The number of hydrogen-bond donors (Lipinski definition) is 0. The summed E-state index contributed by atoms with van der Waals surface area (Å²) in [6, 6.07) is 6.99. The molecule has 0 aromatic heterocycles. The van der Waals surface area contributed by atoms with Gasteiger partial charge in [0.15, 0.2) is 0 Å². The smallest absolute Gasteiger partial charge is 0.261 e. The van der Waals surface area contributed by atoms with Crippen LogP contribution in [0.3, 0.4) is 0 Å². The maximum Gasteiger partial charge on any atom is 0.261 e. The van der Waals surface area contributed by atoms with Gasteiger partial charge in [-0.05, 0) is 31.4 Å². The molecule has 0 radical (unpaired) electrons. The van der Waals surface area contributed by atoms with Gasteiger partial charge in [0, 0.05) is 6.54 Å². The van der Waals surface area contributed by atoms with Crippen LogP contribution >= 0.6 is 0 Å². The fourth-order valence-electron chi connectivity index (χ4n) is 2.26. The topological polar surface area (TPSA) is 37.4 Å². The zero-order valence-corrected chi connectivity index (χ0v) is 11.3. The highest BCUT2D eigenvalue weighted by Crippen LogP contribution is 2.23. The van der Waals surface area contributed by atoms with Crippen LogP contribution in [0.4, 0.5) is 0 Å². The molecule has 1 aromatic carbocycles. The van der Waals surface area contributed by atoms with E-state index in [1.165, 1.54) is 4.90 Å². The second-order valence-electron chi connectivity index (χ2n) is 4.91. The molecule has 100 valence electrons. The minimum Gasteiger partial charge on any atom is -0.274 e. The molecule has 1 aliphatic rings. The minimum atomic E-state index is -0.177. The normalized spacial score (nSPS) is 13.8. The number of carbonyl (C=O) groups is 2. The van der Waals surface area contributed by atoms with Crippen LogP contribution in [0, 0.1) is 0 Å². The number of nitrogens with zero attached hydrogens (tertiary/aromatic N) is 1. The molecule has 0 saturated heterocycles. The van der Waals surface area contributed by atoms with E-state index in [0.29, 0.717) is 24.1 Å². The number of hydrogen-bond acceptors (Lipinski definition) is 2. The molecule has 0 bridgehead atoms. The average molecular weight is 257 g/mol. The van der Waals surface area contributed by atoms with Gasteiger partial charge in [-0.3, -0.25) is 14.5 Å². The summed E-state index contributed by atoms with van der Waals surface area (Å²) in [4.78, 5) is 25.6. The van der Waals surface area contributed by atoms with Gasteiger partial charge in [0.2, 0.25) is 0 Å². The number of carbonyl (C=O) groups excluding carboxylic acids is 2. The molecule has 0 N–H and O–H groups in total. The largest absolute Gasteiger partial charge is 0.274 e. The van der Waals surface area contributed by atoms with Crippen LogP contribution in [0.1, 0.15) is 53.3 Å². The minimum absolute atomic E-state index is 0.177.